The topological polar surface area (TPSA) is 30.0 Å². The summed E-state index contributed by atoms with van der Waals surface area (Å²) < 4.78 is 0. The van der Waals surface area contributed by atoms with Gasteiger partial charge in [0.15, 0.2) is 5.78 Å². The number of halogens is 1. The molecule has 1 heterocycles. The van der Waals surface area contributed by atoms with Crippen molar-refractivity contribution in [3.05, 3.63) is 112 Å². The number of ketones is 1. The average Bonchev–Trinajstić information content (AvgIpc) is 3.93. The van der Waals surface area contributed by atoms with Crippen LogP contribution in [0.25, 0.3) is 21.9 Å². The van der Waals surface area contributed by atoms with Gasteiger partial charge in [0, 0.05) is 31.9 Å². The van der Waals surface area contributed by atoms with Gasteiger partial charge in [-0.05, 0) is 109 Å². The molecule has 2 fully saturated rings. The Labute approximate surface area is 270 Å². The van der Waals surface area contributed by atoms with E-state index in [4.69, 9.17) is 16.6 Å². The zero-order valence-corrected chi connectivity index (χ0v) is 27.8. The second kappa shape index (κ2) is 12.8. The molecular weight excluding hydrogens is 586 g/mol. The van der Waals surface area contributed by atoms with E-state index in [2.05, 4.69) is 80.2 Å². The van der Waals surface area contributed by atoms with Crippen LogP contribution in [0.4, 0.5) is 0 Å². The minimum Gasteiger partial charge on any atom is -0.295 e. The number of fused-ring (bicyclic) bond motifs is 1. The number of hydrogen-bond acceptors (Lipinski definition) is 4. The molecule has 2 nitrogen and oxygen atoms in total. The first-order chi connectivity index (χ1) is 20.7. The highest BCUT2D eigenvalue weighted by atomic mass is 35.5. The molecule has 2 aliphatic rings. The lowest BCUT2D eigenvalue weighted by Crippen LogP contribution is -2.06. The largest absolute Gasteiger partial charge is 0.295 e. The molecule has 222 valence electrons. The number of aryl methyl sites for hydroxylation is 1. The lowest BCUT2D eigenvalue weighted by Gasteiger charge is -2.21. The van der Waals surface area contributed by atoms with Crippen molar-refractivity contribution in [2.75, 3.05) is 11.5 Å². The first-order valence-electron chi connectivity index (χ1n) is 15.4. The number of carbonyl (C=O) groups excluding carboxylic acids is 1. The van der Waals surface area contributed by atoms with Crippen molar-refractivity contribution in [2.24, 2.45) is 10.8 Å². The Morgan fingerprint density at radius 3 is 2.44 bits per heavy atom. The molecule has 0 N–H and O–H groups in total. The molecule has 1 aromatic heterocycles. The highest BCUT2D eigenvalue weighted by molar-refractivity contribution is 8.08. The van der Waals surface area contributed by atoms with Crippen molar-refractivity contribution in [3.8, 4) is 0 Å². The van der Waals surface area contributed by atoms with Crippen LogP contribution in [0, 0.1) is 10.8 Å². The molecule has 0 bridgehead atoms. The standard InChI is InChI=1S/C38H40ClNOS2/c1-26(41)33-10-5-4-7-27(33)13-16-35(42-24-37(2)17-18-37)29-8-6-9-30(21-29)36(43-25-38(3)19-20-38)23-32-15-12-28-11-14-31(39)22-34(28)40-32/h4-12,14-15,21-23,35H,13,16-20,24-25H2,1-3H3/b36-23-/t35-/m1/s1. The number of rotatable bonds is 13. The van der Waals surface area contributed by atoms with Gasteiger partial charge in [-0.3, -0.25) is 4.79 Å². The number of carbonyl (C=O) groups is 1. The van der Waals surface area contributed by atoms with Crippen LogP contribution in [-0.4, -0.2) is 22.3 Å². The molecule has 0 spiro atoms. The SMILES string of the molecule is CC(=O)c1ccccc1CC[C@@H](SCC1(C)CC1)c1cccc(/C(=C/c2ccc3ccc(Cl)cc3n2)SCC2(C)CC2)c1. The fraction of sp³-hybridized carbons (Fsp3) is 0.368. The van der Waals surface area contributed by atoms with Gasteiger partial charge in [0.1, 0.15) is 0 Å². The number of hydrogen-bond donors (Lipinski definition) is 0. The van der Waals surface area contributed by atoms with Gasteiger partial charge in [-0.15, -0.1) is 11.8 Å². The molecule has 3 aromatic carbocycles. The number of pyridine rings is 1. The van der Waals surface area contributed by atoms with Crippen LogP contribution in [0.2, 0.25) is 5.02 Å². The Morgan fingerprint density at radius 2 is 1.67 bits per heavy atom. The van der Waals surface area contributed by atoms with Crippen LogP contribution in [0.5, 0.6) is 0 Å². The van der Waals surface area contributed by atoms with Crippen LogP contribution in [0.3, 0.4) is 0 Å². The number of aromatic nitrogens is 1. The van der Waals surface area contributed by atoms with Crippen molar-refractivity contribution in [1.29, 1.82) is 0 Å². The maximum atomic E-state index is 12.3. The van der Waals surface area contributed by atoms with E-state index < -0.39 is 0 Å². The molecule has 0 aliphatic heterocycles. The van der Waals surface area contributed by atoms with Crippen LogP contribution in [0.15, 0.2) is 78.9 Å². The fourth-order valence-corrected chi connectivity index (χ4v) is 8.38. The molecule has 1 atom stereocenters. The summed E-state index contributed by atoms with van der Waals surface area (Å²) in [7, 11) is 0. The second-order valence-electron chi connectivity index (χ2n) is 13.2. The molecule has 2 saturated carbocycles. The summed E-state index contributed by atoms with van der Waals surface area (Å²) in [6.45, 7) is 6.49. The van der Waals surface area contributed by atoms with Gasteiger partial charge >= 0.3 is 0 Å². The molecule has 6 rings (SSSR count). The third kappa shape index (κ3) is 7.95. The normalized spacial score (nSPS) is 17.5. The highest BCUT2D eigenvalue weighted by Gasteiger charge is 2.38. The molecular formula is C38H40ClNOS2. The summed E-state index contributed by atoms with van der Waals surface area (Å²) in [5.41, 5.74) is 7.43. The van der Waals surface area contributed by atoms with E-state index in [-0.39, 0.29) is 5.78 Å². The Bertz CT molecular complexity index is 1670. The van der Waals surface area contributed by atoms with Gasteiger partial charge in [0.2, 0.25) is 0 Å². The number of nitrogens with zero attached hydrogens (tertiary/aromatic N) is 1. The van der Waals surface area contributed by atoms with E-state index in [0.29, 0.717) is 21.1 Å². The zero-order chi connectivity index (χ0) is 30.0. The van der Waals surface area contributed by atoms with E-state index in [1.54, 1.807) is 6.92 Å². The van der Waals surface area contributed by atoms with Crippen molar-refractivity contribution in [2.45, 2.75) is 64.5 Å². The van der Waals surface area contributed by atoms with Crippen LogP contribution >= 0.6 is 35.1 Å². The predicted molar refractivity (Wildman–Crippen MR) is 188 cm³/mol. The molecule has 0 unspecified atom stereocenters. The summed E-state index contributed by atoms with van der Waals surface area (Å²) in [5.74, 6) is 2.43. The quantitative estimate of drug-likeness (QED) is 0.138. The maximum Gasteiger partial charge on any atom is 0.160 e. The Hall–Kier alpha value is -2.53. The summed E-state index contributed by atoms with van der Waals surface area (Å²) in [5, 5.41) is 2.17. The van der Waals surface area contributed by atoms with E-state index in [1.165, 1.54) is 47.5 Å². The zero-order valence-electron chi connectivity index (χ0n) is 25.4. The van der Waals surface area contributed by atoms with E-state index in [0.717, 1.165) is 46.3 Å². The molecule has 0 amide bonds. The maximum absolute atomic E-state index is 12.3. The van der Waals surface area contributed by atoms with E-state index in [9.17, 15) is 4.79 Å². The third-order valence-electron chi connectivity index (χ3n) is 8.99. The summed E-state index contributed by atoms with van der Waals surface area (Å²) in [4.78, 5) is 18.5. The highest BCUT2D eigenvalue weighted by Crippen LogP contribution is 2.51. The van der Waals surface area contributed by atoms with Crippen molar-refractivity contribution in [1.82, 2.24) is 4.98 Å². The summed E-state index contributed by atoms with van der Waals surface area (Å²) in [6, 6.07) is 27.4. The minimum absolute atomic E-state index is 0.146. The van der Waals surface area contributed by atoms with Crippen molar-refractivity contribution < 1.29 is 4.79 Å². The number of benzene rings is 3. The summed E-state index contributed by atoms with van der Waals surface area (Å²) in [6.07, 6.45) is 9.42. The molecule has 5 heteroatoms. The monoisotopic (exact) mass is 625 g/mol. The van der Waals surface area contributed by atoms with Crippen molar-refractivity contribution >= 4 is 62.8 Å². The van der Waals surface area contributed by atoms with Gasteiger partial charge < -0.3 is 0 Å². The second-order valence-corrected chi connectivity index (χ2v) is 15.8. The first kappa shape index (κ1) is 30.5. The lowest BCUT2D eigenvalue weighted by molar-refractivity contribution is 0.101. The third-order valence-corrected chi connectivity index (χ3v) is 12.5. The molecule has 43 heavy (non-hydrogen) atoms. The van der Waals surface area contributed by atoms with Gasteiger partial charge in [-0.2, -0.15) is 11.8 Å². The molecule has 0 radical (unpaired) electrons. The molecule has 2 aliphatic carbocycles. The lowest BCUT2D eigenvalue weighted by atomic mass is 9.97. The fourth-order valence-electron chi connectivity index (χ4n) is 5.41. The van der Waals surface area contributed by atoms with Gasteiger partial charge in [0.05, 0.1) is 11.2 Å². The Morgan fingerprint density at radius 1 is 0.930 bits per heavy atom. The summed E-state index contributed by atoms with van der Waals surface area (Å²) >= 11 is 10.4. The van der Waals surface area contributed by atoms with E-state index >= 15 is 0 Å². The Balaban J connectivity index is 1.31. The molecule has 4 aromatic rings. The van der Waals surface area contributed by atoms with Crippen LogP contribution < -0.4 is 0 Å². The number of thioether (sulfide) groups is 2. The van der Waals surface area contributed by atoms with E-state index in [1.807, 2.05) is 42.1 Å². The van der Waals surface area contributed by atoms with Gasteiger partial charge in [-0.25, -0.2) is 4.98 Å². The minimum atomic E-state index is 0.146. The first-order valence-corrected chi connectivity index (χ1v) is 17.8. The number of Topliss-reactive ketones (excluding diaryl/α,β-unsaturated/α-hetero) is 1. The Kier molecular flexibility index (Phi) is 9.10. The van der Waals surface area contributed by atoms with Crippen molar-refractivity contribution in [3.63, 3.8) is 0 Å². The van der Waals surface area contributed by atoms with Gasteiger partial charge in [-0.1, -0.05) is 80.0 Å². The average molecular weight is 626 g/mol. The van der Waals surface area contributed by atoms with Crippen LogP contribution in [-0.2, 0) is 6.42 Å². The van der Waals surface area contributed by atoms with Crippen LogP contribution in [0.1, 0.15) is 90.9 Å². The smallest absolute Gasteiger partial charge is 0.160 e. The predicted octanol–water partition coefficient (Wildman–Crippen LogP) is 11.3. The van der Waals surface area contributed by atoms with Gasteiger partial charge in [0.25, 0.3) is 0 Å². The molecule has 0 saturated heterocycles.